The van der Waals surface area contributed by atoms with Crippen LogP contribution < -0.4 is 5.32 Å². The summed E-state index contributed by atoms with van der Waals surface area (Å²) in [5.41, 5.74) is 0.337. The third-order valence-electron chi connectivity index (χ3n) is 2.94. The molecule has 0 radical (unpaired) electrons. The Morgan fingerprint density at radius 3 is 2.52 bits per heavy atom. The summed E-state index contributed by atoms with van der Waals surface area (Å²) >= 11 is 1.67. The van der Waals surface area contributed by atoms with Gasteiger partial charge in [0, 0.05) is 30.2 Å². The fourth-order valence-electron chi connectivity index (χ4n) is 2.01. The highest BCUT2D eigenvalue weighted by Gasteiger charge is 2.21. The predicted molar refractivity (Wildman–Crippen MR) is 88.7 cm³/mol. The lowest BCUT2D eigenvalue weighted by molar-refractivity contribution is -0.121. The summed E-state index contributed by atoms with van der Waals surface area (Å²) in [7, 11) is 3.79. The topological polar surface area (TPSA) is 52.6 Å². The molecule has 21 heavy (non-hydrogen) atoms. The van der Waals surface area contributed by atoms with Crippen molar-refractivity contribution in [1.29, 1.82) is 0 Å². The van der Waals surface area contributed by atoms with Crippen molar-refractivity contribution in [2.75, 3.05) is 32.9 Å². The minimum Gasteiger partial charge on any atom is -0.387 e. The summed E-state index contributed by atoms with van der Waals surface area (Å²) in [6, 6.07) is 8.28. The first kappa shape index (κ1) is 18.0. The van der Waals surface area contributed by atoms with Crippen molar-refractivity contribution in [2.24, 2.45) is 0 Å². The third-order valence-corrected chi connectivity index (χ3v) is 3.96. The quantitative estimate of drug-likeness (QED) is 0.720. The molecular formula is C16H26N2O2S. The first-order valence-electron chi connectivity index (χ1n) is 7.12. The number of aryl methyl sites for hydroxylation is 1. The molecule has 1 aromatic carbocycles. The van der Waals surface area contributed by atoms with E-state index in [1.807, 2.05) is 19.0 Å². The Labute approximate surface area is 131 Å². The fourth-order valence-corrected chi connectivity index (χ4v) is 2.86. The Kier molecular flexibility index (Phi) is 7.22. The van der Waals surface area contributed by atoms with Crippen molar-refractivity contribution < 1.29 is 9.90 Å². The molecule has 1 aromatic rings. The maximum atomic E-state index is 11.8. The van der Waals surface area contributed by atoms with Gasteiger partial charge in [0.2, 0.25) is 5.91 Å². The Morgan fingerprint density at radius 1 is 1.33 bits per heavy atom. The number of benzene rings is 1. The summed E-state index contributed by atoms with van der Waals surface area (Å²) in [6.45, 7) is 4.58. The number of hydrogen-bond donors (Lipinski definition) is 2. The van der Waals surface area contributed by atoms with Gasteiger partial charge in [0.1, 0.15) is 0 Å². The number of aliphatic hydroxyl groups is 1. The number of amides is 1. The molecule has 0 heterocycles. The van der Waals surface area contributed by atoms with Crippen LogP contribution in [0.4, 0.5) is 0 Å². The van der Waals surface area contributed by atoms with Gasteiger partial charge in [0.15, 0.2) is 0 Å². The number of likely N-dealkylation sites (N-methyl/N-ethyl adjacent to an activating group) is 1. The average molecular weight is 310 g/mol. The summed E-state index contributed by atoms with van der Waals surface area (Å²) in [6.07, 6.45) is 0.455. The van der Waals surface area contributed by atoms with E-state index in [1.54, 1.807) is 18.7 Å². The molecule has 1 atom stereocenters. The Morgan fingerprint density at radius 2 is 1.95 bits per heavy atom. The lowest BCUT2D eigenvalue weighted by Crippen LogP contribution is -2.47. The van der Waals surface area contributed by atoms with E-state index in [-0.39, 0.29) is 12.5 Å². The molecule has 2 N–H and O–H groups in total. The van der Waals surface area contributed by atoms with Crippen LogP contribution in [0.3, 0.4) is 0 Å². The number of carbonyl (C=O) groups is 1. The van der Waals surface area contributed by atoms with Crippen LogP contribution in [0.2, 0.25) is 0 Å². The molecule has 1 amide bonds. The standard InChI is InChI=1S/C16H26N2O2S/c1-13-5-7-14(8-6-13)21-10-9-15(19)17-11-16(2,20)12-18(3)4/h5-8,20H,9-12H2,1-4H3,(H,17,19). The van der Waals surface area contributed by atoms with Crippen molar-refractivity contribution in [3.63, 3.8) is 0 Å². The van der Waals surface area contributed by atoms with Crippen LogP contribution >= 0.6 is 11.8 Å². The first-order valence-corrected chi connectivity index (χ1v) is 8.10. The molecule has 0 saturated carbocycles. The van der Waals surface area contributed by atoms with Gasteiger partial charge >= 0.3 is 0 Å². The van der Waals surface area contributed by atoms with Crippen LogP contribution in [0.15, 0.2) is 29.2 Å². The monoisotopic (exact) mass is 310 g/mol. The van der Waals surface area contributed by atoms with E-state index in [4.69, 9.17) is 0 Å². The minimum atomic E-state index is -0.900. The van der Waals surface area contributed by atoms with Gasteiger partial charge in [-0.1, -0.05) is 17.7 Å². The molecule has 0 aliphatic heterocycles. The normalized spacial score (nSPS) is 14.0. The average Bonchev–Trinajstić information content (AvgIpc) is 2.37. The third kappa shape index (κ3) is 8.09. The largest absolute Gasteiger partial charge is 0.387 e. The van der Waals surface area contributed by atoms with Gasteiger partial charge in [-0.15, -0.1) is 11.8 Å². The van der Waals surface area contributed by atoms with E-state index in [0.29, 0.717) is 13.0 Å². The van der Waals surface area contributed by atoms with Crippen molar-refractivity contribution in [2.45, 2.75) is 30.8 Å². The molecule has 0 aliphatic carbocycles. The highest BCUT2D eigenvalue weighted by molar-refractivity contribution is 7.99. The molecule has 4 nitrogen and oxygen atoms in total. The van der Waals surface area contributed by atoms with Gasteiger partial charge in [-0.25, -0.2) is 0 Å². The smallest absolute Gasteiger partial charge is 0.220 e. The number of carbonyl (C=O) groups excluding carboxylic acids is 1. The molecule has 1 unspecified atom stereocenters. The Hall–Kier alpha value is -1.04. The van der Waals surface area contributed by atoms with Gasteiger partial charge < -0.3 is 15.3 Å². The van der Waals surface area contributed by atoms with E-state index < -0.39 is 5.60 Å². The predicted octanol–water partition coefficient (Wildman–Crippen LogP) is 1.91. The second-order valence-electron chi connectivity index (χ2n) is 5.92. The zero-order chi connectivity index (χ0) is 15.9. The van der Waals surface area contributed by atoms with Crippen molar-refractivity contribution in [3.8, 4) is 0 Å². The van der Waals surface area contributed by atoms with Crippen molar-refractivity contribution in [3.05, 3.63) is 29.8 Å². The maximum absolute atomic E-state index is 11.8. The summed E-state index contributed by atoms with van der Waals surface area (Å²) < 4.78 is 0. The minimum absolute atomic E-state index is 0.0198. The van der Waals surface area contributed by atoms with E-state index >= 15 is 0 Å². The SMILES string of the molecule is Cc1ccc(SCCC(=O)NCC(C)(O)CN(C)C)cc1. The molecule has 5 heteroatoms. The molecule has 0 spiro atoms. The lowest BCUT2D eigenvalue weighted by atomic mass is 10.1. The second kappa shape index (κ2) is 8.41. The molecule has 0 aromatic heterocycles. The maximum Gasteiger partial charge on any atom is 0.220 e. The van der Waals surface area contributed by atoms with E-state index in [1.165, 1.54) is 10.5 Å². The number of thioether (sulfide) groups is 1. The van der Waals surface area contributed by atoms with Gasteiger partial charge in [-0.3, -0.25) is 4.79 Å². The summed E-state index contributed by atoms with van der Waals surface area (Å²) in [4.78, 5) is 14.8. The molecule has 0 aliphatic rings. The molecule has 0 fully saturated rings. The number of hydrogen-bond acceptors (Lipinski definition) is 4. The van der Waals surface area contributed by atoms with Crippen LogP contribution in [0.25, 0.3) is 0 Å². The highest BCUT2D eigenvalue weighted by atomic mass is 32.2. The Bertz CT molecular complexity index is 444. The lowest BCUT2D eigenvalue weighted by Gasteiger charge is -2.27. The van der Waals surface area contributed by atoms with Crippen LogP contribution in [-0.4, -0.2) is 54.5 Å². The first-order chi connectivity index (χ1) is 9.78. The van der Waals surface area contributed by atoms with Gasteiger partial charge in [0.25, 0.3) is 0 Å². The van der Waals surface area contributed by atoms with E-state index in [2.05, 4.69) is 36.5 Å². The van der Waals surface area contributed by atoms with Crippen molar-refractivity contribution >= 4 is 17.7 Å². The van der Waals surface area contributed by atoms with Gasteiger partial charge in [0.05, 0.1) is 5.60 Å². The zero-order valence-corrected chi connectivity index (χ0v) is 14.2. The molecule has 118 valence electrons. The van der Waals surface area contributed by atoms with Crippen LogP contribution in [-0.2, 0) is 4.79 Å². The second-order valence-corrected chi connectivity index (χ2v) is 7.09. The van der Waals surface area contributed by atoms with E-state index in [0.717, 1.165) is 5.75 Å². The molecular weight excluding hydrogens is 284 g/mol. The molecule has 0 saturated heterocycles. The summed E-state index contributed by atoms with van der Waals surface area (Å²) in [5, 5.41) is 12.9. The Balaban J connectivity index is 2.23. The van der Waals surface area contributed by atoms with Gasteiger partial charge in [-0.2, -0.15) is 0 Å². The fraction of sp³-hybridized carbons (Fsp3) is 0.562. The number of nitrogens with zero attached hydrogens (tertiary/aromatic N) is 1. The number of nitrogens with one attached hydrogen (secondary N) is 1. The number of rotatable bonds is 8. The van der Waals surface area contributed by atoms with Crippen LogP contribution in [0.1, 0.15) is 18.9 Å². The van der Waals surface area contributed by atoms with Crippen LogP contribution in [0, 0.1) is 6.92 Å². The molecule has 0 bridgehead atoms. The summed E-state index contributed by atoms with van der Waals surface area (Å²) in [5.74, 6) is 0.721. The molecule has 1 rings (SSSR count). The highest BCUT2D eigenvalue weighted by Crippen LogP contribution is 2.18. The van der Waals surface area contributed by atoms with Crippen LogP contribution in [0.5, 0.6) is 0 Å². The van der Waals surface area contributed by atoms with Crippen molar-refractivity contribution in [1.82, 2.24) is 10.2 Å². The zero-order valence-electron chi connectivity index (χ0n) is 13.3. The van der Waals surface area contributed by atoms with Gasteiger partial charge in [-0.05, 0) is 40.1 Å². The van der Waals surface area contributed by atoms with E-state index in [9.17, 15) is 9.90 Å².